The highest BCUT2D eigenvalue weighted by atomic mass is 16.2. The summed E-state index contributed by atoms with van der Waals surface area (Å²) in [5.41, 5.74) is 3.68. The number of fused-ring (bicyclic) bond motifs is 1. The van der Waals surface area contributed by atoms with Crippen molar-refractivity contribution in [1.82, 2.24) is 14.9 Å². The Morgan fingerprint density at radius 1 is 1.24 bits per heavy atom. The van der Waals surface area contributed by atoms with Crippen LogP contribution in [0.2, 0.25) is 0 Å². The number of H-pyrrole nitrogens is 1. The topological polar surface area (TPSA) is 49.0 Å². The van der Waals surface area contributed by atoms with Crippen LogP contribution >= 0.6 is 0 Å². The predicted molar refractivity (Wildman–Crippen MR) is 84.2 cm³/mol. The van der Waals surface area contributed by atoms with Gasteiger partial charge >= 0.3 is 0 Å². The molecule has 1 aliphatic rings. The normalized spacial score (nSPS) is 14.2. The van der Waals surface area contributed by atoms with Crippen molar-refractivity contribution in [3.8, 4) is 11.1 Å². The summed E-state index contributed by atoms with van der Waals surface area (Å²) in [5.74, 6) is 0.0795. The number of carbonyl (C=O) groups excluding carboxylic acids is 1. The number of hydrogen-bond acceptors (Lipinski definition) is 2. The molecular weight excluding hydrogens is 262 g/mol. The first kappa shape index (κ1) is 12.1. The van der Waals surface area contributed by atoms with Crippen LogP contribution in [0, 0.1) is 0 Å². The van der Waals surface area contributed by atoms with Gasteiger partial charge in [0, 0.05) is 37.9 Å². The number of carbonyl (C=O) groups is 1. The van der Waals surface area contributed by atoms with E-state index in [0.717, 1.165) is 41.7 Å². The van der Waals surface area contributed by atoms with Gasteiger partial charge in [-0.25, -0.2) is 4.98 Å². The molecule has 4 nitrogen and oxygen atoms in total. The van der Waals surface area contributed by atoms with E-state index in [1.807, 2.05) is 35.4 Å². The van der Waals surface area contributed by atoms with Crippen LogP contribution in [0.1, 0.15) is 18.2 Å². The lowest BCUT2D eigenvalue weighted by Crippen LogP contribution is -2.42. The lowest BCUT2D eigenvalue weighted by atomic mass is 10.0. The van der Waals surface area contributed by atoms with Crippen LogP contribution in [0.25, 0.3) is 22.2 Å². The van der Waals surface area contributed by atoms with Crippen LogP contribution in [0.5, 0.6) is 0 Å². The smallest absolute Gasteiger partial charge is 0.255 e. The highest BCUT2D eigenvalue weighted by Gasteiger charge is 2.22. The van der Waals surface area contributed by atoms with Crippen molar-refractivity contribution in [3.05, 3.63) is 54.4 Å². The standard InChI is InChI=1S/C17H15N3O.H2/c21-17(20-7-4-8-20)13-9-14-15(11-19-16(14)18-10-13)12-5-2-1-3-6-12;/h1-3,5-6,9-11H,4,7-8H2,(H,18,19);1H. The van der Waals surface area contributed by atoms with Gasteiger partial charge in [0.1, 0.15) is 5.65 Å². The van der Waals surface area contributed by atoms with Gasteiger partial charge in [-0.3, -0.25) is 4.79 Å². The Bertz CT molecular complexity index is 809. The Balaban J connectivity index is 0.00000144. The second-order valence-electron chi connectivity index (χ2n) is 5.33. The maximum absolute atomic E-state index is 12.3. The van der Waals surface area contributed by atoms with E-state index in [0.29, 0.717) is 5.56 Å². The molecule has 1 amide bonds. The number of nitrogens with one attached hydrogen (secondary N) is 1. The van der Waals surface area contributed by atoms with Gasteiger partial charge in [0.25, 0.3) is 5.91 Å². The zero-order chi connectivity index (χ0) is 14.2. The van der Waals surface area contributed by atoms with Crippen LogP contribution in [0.15, 0.2) is 48.8 Å². The van der Waals surface area contributed by atoms with Gasteiger partial charge in [-0.05, 0) is 18.1 Å². The third-order valence-corrected chi connectivity index (χ3v) is 4.01. The highest BCUT2D eigenvalue weighted by molar-refractivity contribution is 6.01. The molecule has 2 aromatic heterocycles. The molecule has 3 heterocycles. The Morgan fingerprint density at radius 2 is 2.05 bits per heavy atom. The summed E-state index contributed by atoms with van der Waals surface area (Å²) < 4.78 is 0. The molecule has 3 aromatic rings. The molecule has 4 rings (SSSR count). The summed E-state index contributed by atoms with van der Waals surface area (Å²) in [5, 5.41) is 0.993. The molecule has 0 bridgehead atoms. The van der Waals surface area contributed by atoms with Crippen LogP contribution in [0.4, 0.5) is 0 Å². The number of rotatable bonds is 2. The fraction of sp³-hybridized carbons (Fsp3) is 0.176. The van der Waals surface area contributed by atoms with E-state index in [9.17, 15) is 4.79 Å². The first-order valence-corrected chi connectivity index (χ1v) is 7.15. The first-order chi connectivity index (χ1) is 10.3. The minimum Gasteiger partial charge on any atom is -0.346 e. The van der Waals surface area contributed by atoms with Crippen molar-refractivity contribution in [1.29, 1.82) is 0 Å². The van der Waals surface area contributed by atoms with Gasteiger partial charge in [-0.2, -0.15) is 0 Å². The molecule has 1 saturated heterocycles. The van der Waals surface area contributed by atoms with Crippen molar-refractivity contribution in [2.24, 2.45) is 0 Å². The van der Waals surface area contributed by atoms with Gasteiger partial charge in [-0.1, -0.05) is 30.3 Å². The first-order valence-electron chi connectivity index (χ1n) is 7.15. The zero-order valence-electron chi connectivity index (χ0n) is 11.5. The fourth-order valence-corrected chi connectivity index (χ4v) is 2.68. The molecule has 0 unspecified atom stereocenters. The second-order valence-corrected chi connectivity index (χ2v) is 5.33. The molecular formula is C17H17N3O. The van der Waals surface area contributed by atoms with Crippen LogP contribution in [-0.2, 0) is 0 Å². The molecule has 0 radical (unpaired) electrons. The Hall–Kier alpha value is -2.62. The number of nitrogens with zero attached hydrogens (tertiary/aromatic N) is 2. The lowest BCUT2D eigenvalue weighted by molar-refractivity contribution is 0.0651. The van der Waals surface area contributed by atoms with Crippen LogP contribution in [-0.4, -0.2) is 33.9 Å². The minimum atomic E-state index is 0. The highest BCUT2D eigenvalue weighted by Crippen LogP contribution is 2.28. The summed E-state index contributed by atoms with van der Waals surface area (Å²) in [6.07, 6.45) is 4.71. The number of aromatic amines is 1. The Labute approximate surface area is 123 Å². The van der Waals surface area contributed by atoms with E-state index in [1.165, 1.54) is 0 Å². The number of benzene rings is 1. The number of aromatic nitrogens is 2. The van der Waals surface area contributed by atoms with E-state index < -0.39 is 0 Å². The van der Waals surface area contributed by atoms with Gasteiger partial charge in [0.15, 0.2) is 0 Å². The number of amides is 1. The van der Waals surface area contributed by atoms with Gasteiger partial charge in [-0.15, -0.1) is 0 Å². The number of hydrogen-bond donors (Lipinski definition) is 1. The Morgan fingerprint density at radius 3 is 2.76 bits per heavy atom. The van der Waals surface area contributed by atoms with Gasteiger partial charge < -0.3 is 9.88 Å². The van der Waals surface area contributed by atoms with E-state index in [1.54, 1.807) is 6.20 Å². The maximum atomic E-state index is 12.3. The molecule has 1 fully saturated rings. The average molecular weight is 279 g/mol. The number of pyridine rings is 1. The predicted octanol–water partition coefficient (Wildman–Crippen LogP) is 3.32. The Kier molecular flexibility index (Phi) is 2.74. The third kappa shape index (κ3) is 2.00. The van der Waals surface area contributed by atoms with E-state index in [2.05, 4.69) is 22.1 Å². The monoisotopic (exact) mass is 279 g/mol. The quantitative estimate of drug-likeness (QED) is 0.782. The minimum absolute atomic E-state index is 0. The average Bonchev–Trinajstić information content (AvgIpc) is 2.89. The molecule has 1 aromatic carbocycles. The maximum Gasteiger partial charge on any atom is 0.255 e. The lowest BCUT2D eigenvalue weighted by Gasteiger charge is -2.30. The van der Waals surface area contributed by atoms with Crippen molar-refractivity contribution in [3.63, 3.8) is 0 Å². The molecule has 1 N–H and O–H groups in total. The largest absolute Gasteiger partial charge is 0.346 e. The van der Waals surface area contributed by atoms with Crippen LogP contribution in [0.3, 0.4) is 0 Å². The fourth-order valence-electron chi connectivity index (χ4n) is 2.68. The summed E-state index contributed by atoms with van der Waals surface area (Å²) in [6, 6.07) is 12.1. The molecule has 1 aliphatic heterocycles. The molecule has 106 valence electrons. The molecule has 0 spiro atoms. The second kappa shape index (κ2) is 4.74. The molecule has 21 heavy (non-hydrogen) atoms. The molecule has 0 saturated carbocycles. The zero-order valence-corrected chi connectivity index (χ0v) is 11.5. The third-order valence-electron chi connectivity index (χ3n) is 4.01. The van der Waals surface area contributed by atoms with E-state index in [-0.39, 0.29) is 7.33 Å². The van der Waals surface area contributed by atoms with Gasteiger partial charge in [0.2, 0.25) is 0 Å². The SMILES string of the molecule is O=C(c1cnc2[nH]cc(-c3ccccc3)c2c1)N1CCC1.[HH]. The summed E-state index contributed by atoms with van der Waals surface area (Å²) in [4.78, 5) is 21.7. The van der Waals surface area contributed by atoms with Crippen molar-refractivity contribution >= 4 is 16.9 Å². The van der Waals surface area contributed by atoms with E-state index >= 15 is 0 Å². The molecule has 0 atom stereocenters. The van der Waals surface area contributed by atoms with Crippen molar-refractivity contribution in [2.75, 3.05) is 13.1 Å². The van der Waals surface area contributed by atoms with Crippen molar-refractivity contribution in [2.45, 2.75) is 6.42 Å². The summed E-state index contributed by atoms with van der Waals surface area (Å²) in [7, 11) is 0. The summed E-state index contributed by atoms with van der Waals surface area (Å²) in [6.45, 7) is 1.71. The summed E-state index contributed by atoms with van der Waals surface area (Å²) >= 11 is 0. The van der Waals surface area contributed by atoms with Crippen molar-refractivity contribution < 1.29 is 6.22 Å². The molecule has 0 aliphatic carbocycles. The molecule has 4 heteroatoms. The van der Waals surface area contributed by atoms with Crippen LogP contribution < -0.4 is 0 Å². The number of likely N-dealkylation sites (tertiary alicyclic amines) is 1. The van der Waals surface area contributed by atoms with E-state index in [4.69, 9.17) is 0 Å². The van der Waals surface area contributed by atoms with Gasteiger partial charge in [0.05, 0.1) is 5.56 Å².